The summed E-state index contributed by atoms with van der Waals surface area (Å²) in [4.78, 5) is 12.7. The van der Waals surface area contributed by atoms with Gasteiger partial charge in [0, 0.05) is 11.0 Å². The van der Waals surface area contributed by atoms with Crippen LogP contribution in [0.5, 0.6) is 0 Å². The molecule has 1 aromatic rings. The Kier molecular flexibility index (Phi) is 5.11. The van der Waals surface area contributed by atoms with Crippen LogP contribution in [-0.4, -0.2) is 36.1 Å². The molecule has 17 heavy (non-hydrogen) atoms. The van der Waals surface area contributed by atoms with Crippen molar-refractivity contribution in [1.29, 1.82) is 0 Å². The summed E-state index contributed by atoms with van der Waals surface area (Å²) in [5, 5.41) is 8.74. The maximum absolute atomic E-state index is 10.7. The van der Waals surface area contributed by atoms with Crippen molar-refractivity contribution in [3.8, 4) is 0 Å². The lowest BCUT2D eigenvalue weighted by Gasteiger charge is -2.13. The maximum Gasteiger partial charge on any atom is 0.320 e. The number of nitrogens with two attached hydrogens (primary N) is 1. The highest BCUT2D eigenvalue weighted by Gasteiger charge is 2.12. The molecule has 94 valence electrons. The molecule has 0 aliphatic heterocycles. The number of carboxylic acids is 1. The van der Waals surface area contributed by atoms with Crippen molar-refractivity contribution in [2.75, 3.05) is 14.1 Å². The first-order chi connectivity index (χ1) is 7.90. The van der Waals surface area contributed by atoms with E-state index in [4.69, 9.17) is 10.8 Å². The maximum atomic E-state index is 10.7. The zero-order valence-corrected chi connectivity index (χ0v) is 11.6. The molecule has 0 heterocycles. The summed E-state index contributed by atoms with van der Waals surface area (Å²) in [7, 11) is 4.00. The van der Waals surface area contributed by atoms with Gasteiger partial charge in [-0.05, 0) is 37.7 Å². The van der Waals surface area contributed by atoms with Crippen LogP contribution in [0.1, 0.15) is 11.1 Å². The molecule has 0 aliphatic rings. The van der Waals surface area contributed by atoms with E-state index in [0.29, 0.717) is 6.42 Å². The van der Waals surface area contributed by atoms with Crippen LogP contribution >= 0.6 is 15.9 Å². The SMILES string of the molecule is CN(C)Cc1ccc(CC(N)C(=O)O)cc1Br. The van der Waals surface area contributed by atoms with Crippen LogP contribution in [-0.2, 0) is 17.8 Å². The second kappa shape index (κ2) is 6.14. The first-order valence-corrected chi connectivity index (χ1v) is 6.10. The largest absolute Gasteiger partial charge is 0.480 e. The number of benzene rings is 1. The number of rotatable bonds is 5. The molecule has 1 rings (SSSR count). The van der Waals surface area contributed by atoms with Gasteiger partial charge in [0.2, 0.25) is 0 Å². The lowest BCUT2D eigenvalue weighted by atomic mass is 10.0. The third-order valence-electron chi connectivity index (χ3n) is 2.38. The van der Waals surface area contributed by atoms with Gasteiger partial charge in [-0.1, -0.05) is 28.1 Å². The van der Waals surface area contributed by atoms with Crippen molar-refractivity contribution in [2.24, 2.45) is 5.73 Å². The van der Waals surface area contributed by atoms with E-state index in [-0.39, 0.29) is 0 Å². The molecule has 0 bridgehead atoms. The van der Waals surface area contributed by atoms with E-state index in [2.05, 4.69) is 20.8 Å². The Bertz CT molecular complexity index is 407. The second-order valence-corrected chi connectivity index (χ2v) is 5.17. The highest BCUT2D eigenvalue weighted by molar-refractivity contribution is 9.10. The summed E-state index contributed by atoms with van der Waals surface area (Å²) >= 11 is 3.49. The number of aliphatic carboxylic acids is 1. The van der Waals surface area contributed by atoms with E-state index < -0.39 is 12.0 Å². The average Bonchev–Trinajstić information content (AvgIpc) is 2.21. The fraction of sp³-hybridized carbons (Fsp3) is 0.417. The van der Waals surface area contributed by atoms with Gasteiger partial charge < -0.3 is 15.7 Å². The van der Waals surface area contributed by atoms with E-state index in [1.54, 1.807) is 0 Å². The highest BCUT2D eigenvalue weighted by atomic mass is 79.9. The van der Waals surface area contributed by atoms with Gasteiger partial charge in [-0.25, -0.2) is 0 Å². The molecule has 0 aliphatic carbocycles. The third kappa shape index (κ3) is 4.46. The predicted molar refractivity (Wildman–Crippen MR) is 70.8 cm³/mol. The van der Waals surface area contributed by atoms with Crippen LogP contribution in [0.15, 0.2) is 22.7 Å². The molecule has 3 N–H and O–H groups in total. The molecular formula is C12H17BrN2O2. The zero-order chi connectivity index (χ0) is 13.0. The molecule has 0 aromatic heterocycles. The normalized spacial score (nSPS) is 12.8. The molecule has 0 saturated carbocycles. The van der Waals surface area contributed by atoms with Crippen molar-refractivity contribution >= 4 is 21.9 Å². The molecule has 4 nitrogen and oxygen atoms in total. The number of hydrogen-bond acceptors (Lipinski definition) is 3. The lowest BCUT2D eigenvalue weighted by Crippen LogP contribution is -2.32. The molecular weight excluding hydrogens is 284 g/mol. The Morgan fingerprint density at radius 2 is 2.18 bits per heavy atom. The minimum atomic E-state index is -0.974. The van der Waals surface area contributed by atoms with Crippen molar-refractivity contribution in [3.05, 3.63) is 33.8 Å². The number of hydrogen-bond donors (Lipinski definition) is 2. The molecule has 1 atom stereocenters. The Hall–Kier alpha value is -0.910. The van der Waals surface area contributed by atoms with Crippen LogP contribution in [0.25, 0.3) is 0 Å². The highest BCUT2D eigenvalue weighted by Crippen LogP contribution is 2.20. The fourth-order valence-electron chi connectivity index (χ4n) is 1.53. The number of halogens is 1. The van der Waals surface area contributed by atoms with Crippen LogP contribution in [0, 0.1) is 0 Å². The Labute approximate surface area is 110 Å². The Balaban J connectivity index is 2.78. The minimum absolute atomic E-state index is 0.343. The quantitative estimate of drug-likeness (QED) is 0.864. The van der Waals surface area contributed by atoms with Gasteiger partial charge in [0.25, 0.3) is 0 Å². The topological polar surface area (TPSA) is 66.6 Å². The third-order valence-corrected chi connectivity index (χ3v) is 3.12. The molecule has 5 heteroatoms. The first-order valence-electron chi connectivity index (χ1n) is 5.30. The Morgan fingerprint density at radius 3 is 2.65 bits per heavy atom. The van der Waals surface area contributed by atoms with Gasteiger partial charge in [-0.2, -0.15) is 0 Å². The molecule has 0 spiro atoms. The summed E-state index contributed by atoms with van der Waals surface area (Å²) < 4.78 is 0.987. The predicted octanol–water partition coefficient (Wildman–Crippen LogP) is 1.47. The standard InChI is InChI=1S/C12H17BrN2O2/c1-15(2)7-9-4-3-8(5-10(9)13)6-11(14)12(16)17/h3-5,11H,6-7,14H2,1-2H3,(H,16,17). The van der Waals surface area contributed by atoms with Gasteiger partial charge in [0.15, 0.2) is 0 Å². The van der Waals surface area contributed by atoms with Crippen LogP contribution in [0.4, 0.5) is 0 Å². The second-order valence-electron chi connectivity index (χ2n) is 4.31. The number of carbonyl (C=O) groups is 1. The molecule has 0 radical (unpaired) electrons. The van der Waals surface area contributed by atoms with Crippen LogP contribution in [0.2, 0.25) is 0 Å². The van der Waals surface area contributed by atoms with E-state index in [1.807, 2.05) is 32.3 Å². The van der Waals surface area contributed by atoms with E-state index in [0.717, 1.165) is 16.6 Å². The Morgan fingerprint density at radius 1 is 1.53 bits per heavy atom. The van der Waals surface area contributed by atoms with Crippen LogP contribution < -0.4 is 5.73 Å². The first kappa shape index (κ1) is 14.2. The van der Waals surface area contributed by atoms with Crippen molar-refractivity contribution in [3.63, 3.8) is 0 Å². The van der Waals surface area contributed by atoms with Gasteiger partial charge in [-0.15, -0.1) is 0 Å². The van der Waals surface area contributed by atoms with Crippen molar-refractivity contribution in [2.45, 2.75) is 19.0 Å². The van der Waals surface area contributed by atoms with Gasteiger partial charge >= 0.3 is 5.97 Å². The van der Waals surface area contributed by atoms with Gasteiger partial charge in [0.1, 0.15) is 6.04 Å². The monoisotopic (exact) mass is 300 g/mol. The van der Waals surface area contributed by atoms with E-state index in [1.165, 1.54) is 5.56 Å². The molecule has 0 fully saturated rings. The number of nitrogens with zero attached hydrogens (tertiary/aromatic N) is 1. The van der Waals surface area contributed by atoms with E-state index >= 15 is 0 Å². The summed E-state index contributed by atoms with van der Waals surface area (Å²) in [6.45, 7) is 0.839. The van der Waals surface area contributed by atoms with Gasteiger partial charge in [-0.3, -0.25) is 4.79 Å². The fourth-order valence-corrected chi connectivity index (χ4v) is 2.08. The average molecular weight is 301 g/mol. The summed E-state index contributed by atoms with van der Waals surface area (Å²) in [6.07, 6.45) is 0.343. The summed E-state index contributed by atoms with van der Waals surface area (Å²) in [5.41, 5.74) is 7.59. The van der Waals surface area contributed by atoms with Crippen LogP contribution in [0.3, 0.4) is 0 Å². The van der Waals surface area contributed by atoms with Gasteiger partial charge in [0.05, 0.1) is 0 Å². The summed E-state index contributed by atoms with van der Waals surface area (Å²) in [6, 6.07) is 5.00. The van der Waals surface area contributed by atoms with Crippen molar-refractivity contribution in [1.82, 2.24) is 4.90 Å². The lowest BCUT2D eigenvalue weighted by molar-refractivity contribution is -0.138. The van der Waals surface area contributed by atoms with E-state index in [9.17, 15) is 4.79 Å². The smallest absolute Gasteiger partial charge is 0.320 e. The summed E-state index contributed by atoms with van der Waals surface area (Å²) in [5.74, 6) is -0.974. The molecule has 1 aromatic carbocycles. The molecule has 1 unspecified atom stereocenters. The van der Waals surface area contributed by atoms with Crippen molar-refractivity contribution < 1.29 is 9.90 Å². The zero-order valence-electron chi connectivity index (χ0n) is 9.98. The minimum Gasteiger partial charge on any atom is -0.480 e. The molecule has 0 amide bonds. The molecule has 0 saturated heterocycles. The number of carboxylic acid groups (broad SMARTS) is 1.